The van der Waals surface area contributed by atoms with E-state index in [1.165, 1.54) is 0 Å². The van der Waals surface area contributed by atoms with Crippen molar-refractivity contribution in [3.05, 3.63) is 47.7 Å². The average molecular weight is 395 g/mol. The molecule has 3 aromatic heterocycles. The van der Waals surface area contributed by atoms with E-state index in [9.17, 15) is 4.79 Å². The number of nitrogens with zero attached hydrogens (tertiary/aromatic N) is 5. The number of imidazole rings is 1. The molecule has 9 nitrogen and oxygen atoms in total. The van der Waals surface area contributed by atoms with Gasteiger partial charge in [0.15, 0.2) is 0 Å². The zero-order chi connectivity index (χ0) is 20.2. The summed E-state index contributed by atoms with van der Waals surface area (Å²) in [4.78, 5) is 28.2. The molecular weight excluding hydrogens is 370 g/mol. The van der Waals surface area contributed by atoms with Gasteiger partial charge in [-0.15, -0.1) is 0 Å². The number of nitrogens with one attached hydrogen (secondary N) is 2. The van der Waals surface area contributed by atoms with Crippen LogP contribution >= 0.6 is 0 Å². The topological polar surface area (TPSA) is 96.7 Å². The highest BCUT2D eigenvalue weighted by Gasteiger charge is 2.16. The third kappa shape index (κ3) is 4.29. The molecule has 2 N–H and O–H groups in total. The van der Waals surface area contributed by atoms with Gasteiger partial charge in [0.1, 0.15) is 28.8 Å². The molecule has 152 valence electrons. The summed E-state index contributed by atoms with van der Waals surface area (Å²) in [6.45, 7) is 7.81. The van der Waals surface area contributed by atoms with E-state index < -0.39 is 0 Å². The van der Waals surface area contributed by atoms with Crippen LogP contribution in [0.4, 0.5) is 11.6 Å². The molecule has 0 aliphatic carbocycles. The Morgan fingerprint density at radius 2 is 1.97 bits per heavy atom. The number of aryl methyl sites for hydroxylation is 2. The summed E-state index contributed by atoms with van der Waals surface area (Å²) in [5, 5.41) is 6.22. The highest BCUT2D eigenvalue weighted by atomic mass is 16.5. The molecule has 0 unspecified atom stereocenters. The van der Waals surface area contributed by atoms with Crippen LogP contribution in [-0.2, 0) is 4.74 Å². The first-order chi connectivity index (χ1) is 14.1. The lowest BCUT2D eigenvalue weighted by atomic mass is 10.3. The smallest absolute Gasteiger partial charge is 0.270 e. The van der Waals surface area contributed by atoms with Gasteiger partial charge in [0.25, 0.3) is 5.91 Å². The molecule has 1 amide bonds. The van der Waals surface area contributed by atoms with Crippen LogP contribution in [0.1, 0.15) is 22.0 Å². The van der Waals surface area contributed by atoms with Crippen LogP contribution in [0.5, 0.6) is 0 Å². The Hall–Kier alpha value is -3.20. The quantitative estimate of drug-likeness (QED) is 0.609. The molecule has 9 heteroatoms. The number of hydrogen-bond donors (Lipinski definition) is 2. The van der Waals surface area contributed by atoms with Gasteiger partial charge in [-0.05, 0) is 26.0 Å². The molecule has 1 aliphatic heterocycles. The highest BCUT2D eigenvalue weighted by molar-refractivity contribution is 5.94. The molecule has 1 fully saturated rings. The van der Waals surface area contributed by atoms with Crippen molar-refractivity contribution in [2.75, 3.05) is 49.6 Å². The zero-order valence-corrected chi connectivity index (χ0v) is 16.7. The summed E-state index contributed by atoms with van der Waals surface area (Å²) in [5.74, 6) is 2.21. The number of anilines is 2. The molecule has 0 atom stereocenters. The average Bonchev–Trinajstić information content (AvgIpc) is 3.07. The number of hydrogen-bond acceptors (Lipinski definition) is 7. The monoisotopic (exact) mass is 395 g/mol. The van der Waals surface area contributed by atoms with Gasteiger partial charge >= 0.3 is 0 Å². The molecule has 0 aromatic carbocycles. The Labute approximate surface area is 169 Å². The summed E-state index contributed by atoms with van der Waals surface area (Å²) in [7, 11) is 0. The van der Waals surface area contributed by atoms with Crippen molar-refractivity contribution in [2.24, 2.45) is 0 Å². The van der Waals surface area contributed by atoms with Crippen molar-refractivity contribution < 1.29 is 9.53 Å². The SMILES string of the molecule is Cc1nc(NCCNC(=O)c2c(C)nc3ccccn23)cc(N2CCOCC2)n1. The Morgan fingerprint density at radius 3 is 2.79 bits per heavy atom. The molecule has 29 heavy (non-hydrogen) atoms. The third-order valence-electron chi connectivity index (χ3n) is 4.80. The van der Waals surface area contributed by atoms with Crippen molar-refractivity contribution in [2.45, 2.75) is 13.8 Å². The van der Waals surface area contributed by atoms with Crippen molar-refractivity contribution in [3.8, 4) is 0 Å². The van der Waals surface area contributed by atoms with E-state index in [2.05, 4.69) is 30.5 Å². The predicted molar refractivity (Wildman–Crippen MR) is 111 cm³/mol. The lowest BCUT2D eigenvalue weighted by Gasteiger charge is -2.28. The molecule has 4 rings (SSSR count). The minimum Gasteiger partial charge on any atom is -0.378 e. The van der Waals surface area contributed by atoms with Gasteiger partial charge < -0.3 is 20.3 Å². The number of fused-ring (bicyclic) bond motifs is 1. The Kier molecular flexibility index (Phi) is 5.57. The van der Waals surface area contributed by atoms with Crippen LogP contribution < -0.4 is 15.5 Å². The summed E-state index contributed by atoms with van der Waals surface area (Å²) < 4.78 is 7.21. The normalized spacial score (nSPS) is 14.2. The maximum atomic E-state index is 12.6. The largest absolute Gasteiger partial charge is 0.378 e. The van der Waals surface area contributed by atoms with Gasteiger partial charge in [0.05, 0.1) is 18.9 Å². The van der Waals surface area contributed by atoms with E-state index in [0.717, 1.165) is 30.4 Å². The third-order valence-corrected chi connectivity index (χ3v) is 4.80. The summed E-state index contributed by atoms with van der Waals surface area (Å²) >= 11 is 0. The molecule has 4 heterocycles. The Morgan fingerprint density at radius 1 is 1.14 bits per heavy atom. The second kappa shape index (κ2) is 8.44. The van der Waals surface area contributed by atoms with Crippen LogP contribution in [0, 0.1) is 13.8 Å². The number of rotatable bonds is 6. The summed E-state index contributed by atoms with van der Waals surface area (Å²) in [6, 6.07) is 7.61. The van der Waals surface area contributed by atoms with Crippen LogP contribution in [0.15, 0.2) is 30.5 Å². The predicted octanol–water partition coefficient (Wildman–Crippen LogP) is 1.42. The van der Waals surface area contributed by atoms with Crippen molar-refractivity contribution >= 4 is 23.2 Å². The summed E-state index contributed by atoms with van der Waals surface area (Å²) in [6.07, 6.45) is 1.85. The van der Waals surface area contributed by atoms with E-state index in [1.54, 1.807) is 4.40 Å². The molecule has 0 bridgehead atoms. The van der Waals surface area contributed by atoms with Gasteiger partial charge in [-0.3, -0.25) is 9.20 Å². The van der Waals surface area contributed by atoms with Crippen molar-refractivity contribution in [1.29, 1.82) is 0 Å². The maximum Gasteiger partial charge on any atom is 0.270 e. The molecule has 0 spiro atoms. The molecule has 0 saturated carbocycles. The Balaban J connectivity index is 1.35. The lowest BCUT2D eigenvalue weighted by Crippen LogP contribution is -2.37. The van der Waals surface area contributed by atoms with Crippen LogP contribution in [-0.4, -0.2) is 64.7 Å². The number of pyridine rings is 1. The standard InChI is InChI=1S/C20H25N7O2/c1-14-19(27-8-4-3-5-17(27)23-14)20(28)22-7-6-21-16-13-18(25-15(2)24-16)26-9-11-29-12-10-26/h3-5,8,13H,6-7,9-12H2,1-2H3,(H,22,28)(H,21,24,25). The van der Waals surface area contributed by atoms with E-state index in [1.807, 2.05) is 44.3 Å². The number of carbonyl (C=O) groups is 1. The van der Waals surface area contributed by atoms with Gasteiger partial charge in [0.2, 0.25) is 0 Å². The number of carbonyl (C=O) groups excluding carboxylic acids is 1. The van der Waals surface area contributed by atoms with E-state index in [0.29, 0.717) is 43.5 Å². The van der Waals surface area contributed by atoms with Crippen LogP contribution in [0.25, 0.3) is 5.65 Å². The number of amides is 1. The Bertz CT molecular complexity index is 1010. The van der Waals surface area contributed by atoms with Gasteiger partial charge in [0, 0.05) is 38.4 Å². The van der Waals surface area contributed by atoms with E-state index >= 15 is 0 Å². The lowest BCUT2D eigenvalue weighted by molar-refractivity contribution is 0.0948. The fourth-order valence-corrected chi connectivity index (χ4v) is 3.43. The minimum absolute atomic E-state index is 0.143. The van der Waals surface area contributed by atoms with Crippen molar-refractivity contribution in [3.63, 3.8) is 0 Å². The van der Waals surface area contributed by atoms with Crippen LogP contribution in [0.3, 0.4) is 0 Å². The molecular formula is C20H25N7O2. The first-order valence-corrected chi connectivity index (χ1v) is 9.76. The number of ether oxygens (including phenoxy) is 1. The number of morpholine rings is 1. The molecule has 1 saturated heterocycles. The minimum atomic E-state index is -0.143. The van der Waals surface area contributed by atoms with E-state index in [4.69, 9.17) is 4.74 Å². The number of aromatic nitrogens is 4. The van der Waals surface area contributed by atoms with Crippen LogP contribution in [0.2, 0.25) is 0 Å². The first kappa shape index (κ1) is 19.1. The van der Waals surface area contributed by atoms with Gasteiger partial charge in [-0.2, -0.15) is 0 Å². The zero-order valence-electron chi connectivity index (χ0n) is 16.7. The first-order valence-electron chi connectivity index (χ1n) is 9.76. The van der Waals surface area contributed by atoms with Gasteiger partial charge in [-0.25, -0.2) is 15.0 Å². The molecule has 0 radical (unpaired) electrons. The van der Waals surface area contributed by atoms with E-state index in [-0.39, 0.29) is 5.91 Å². The molecule has 1 aliphatic rings. The fourth-order valence-electron chi connectivity index (χ4n) is 3.43. The van der Waals surface area contributed by atoms with Crippen molar-refractivity contribution in [1.82, 2.24) is 24.7 Å². The van der Waals surface area contributed by atoms with Gasteiger partial charge in [-0.1, -0.05) is 6.07 Å². The summed E-state index contributed by atoms with van der Waals surface area (Å²) in [5.41, 5.74) is 2.04. The second-order valence-electron chi connectivity index (χ2n) is 6.92. The highest BCUT2D eigenvalue weighted by Crippen LogP contribution is 2.17. The fraction of sp³-hybridized carbons (Fsp3) is 0.400. The second-order valence-corrected chi connectivity index (χ2v) is 6.92. The molecule has 3 aromatic rings. The maximum absolute atomic E-state index is 12.6.